The second kappa shape index (κ2) is 7.55. The molecule has 0 bridgehead atoms. The Balaban J connectivity index is 1.53. The summed E-state index contributed by atoms with van der Waals surface area (Å²) < 4.78 is 12.0. The average molecular weight is 430 g/mol. The van der Waals surface area contributed by atoms with Crippen LogP contribution in [0.5, 0.6) is 11.5 Å². The lowest BCUT2D eigenvalue weighted by Gasteiger charge is -2.27. The summed E-state index contributed by atoms with van der Waals surface area (Å²) in [5, 5.41) is 0. The maximum absolute atomic E-state index is 13.2. The standard InChI is InChI=1S/C22H24BrNO3/c1-26-16-8-9-17(21(12-16)27-2)20-7-4-10-24(20)22(25)19-13-18(19)14-5-3-6-15(23)11-14/h3,5-6,8-9,11-12,18-20H,4,7,10,13H2,1-2H3. The lowest BCUT2D eigenvalue weighted by atomic mass is 10.0. The Kier molecular flexibility index (Phi) is 5.13. The van der Waals surface area contributed by atoms with E-state index in [2.05, 4.69) is 33.0 Å². The Morgan fingerprint density at radius 1 is 1.15 bits per heavy atom. The molecule has 3 atom stereocenters. The van der Waals surface area contributed by atoms with Crippen LogP contribution in [0.2, 0.25) is 0 Å². The van der Waals surface area contributed by atoms with Crippen LogP contribution in [0.4, 0.5) is 0 Å². The van der Waals surface area contributed by atoms with E-state index in [4.69, 9.17) is 9.47 Å². The maximum atomic E-state index is 13.2. The van der Waals surface area contributed by atoms with E-state index in [1.165, 1.54) is 5.56 Å². The van der Waals surface area contributed by atoms with Crippen molar-refractivity contribution < 1.29 is 14.3 Å². The molecule has 4 rings (SSSR count). The summed E-state index contributed by atoms with van der Waals surface area (Å²) in [6, 6.07) is 14.3. The highest BCUT2D eigenvalue weighted by Gasteiger charge is 2.48. The molecule has 0 N–H and O–H groups in total. The molecule has 4 nitrogen and oxygen atoms in total. The van der Waals surface area contributed by atoms with Gasteiger partial charge in [-0.3, -0.25) is 4.79 Å². The predicted octanol–water partition coefficient (Wildman–Crippen LogP) is 4.93. The van der Waals surface area contributed by atoms with Gasteiger partial charge in [-0.1, -0.05) is 28.1 Å². The third-order valence-corrected chi connectivity index (χ3v) is 6.21. The number of carbonyl (C=O) groups excluding carboxylic acids is 1. The molecule has 2 aromatic rings. The van der Waals surface area contributed by atoms with E-state index in [1.54, 1.807) is 14.2 Å². The molecule has 27 heavy (non-hydrogen) atoms. The van der Waals surface area contributed by atoms with Crippen molar-refractivity contribution in [3.8, 4) is 11.5 Å². The largest absolute Gasteiger partial charge is 0.497 e. The second-order valence-electron chi connectivity index (χ2n) is 7.30. The molecule has 2 aliphatic rings. The summed E-state index contributed by atoms with van der Waals surface area (Å²) in [4.78, 5) is 15.3. The number of likely N-dealkylation sites (tertiary alicyclic amines) is 1. The first-order valence-electron chi connectivity index (χ1n) is 9.40. The van der Waals surface area contributed by atoms with Crippen molar-refractivity contribution >= 4 is 21.8 Å². The van der Waals surface area contributed by atoms with Crippen LogP contribution in [0.3, 0.4) is 0 Å². The Hall–Kier alpha value is -2.01. The smallest absolute Gasteiger partial charge is 0.226 e. The van der Waals surface area contributed by atoms with Crippen LogP contribution < -0.4 is 9.47 Å². The number of amides is 1. The number of nitrogens with zero attached hydrogens (tertiary/aromatic N) is 1. The van der Waals surface area contributed by atoms with Crippen LogP contribution in [0.1, 0.15) is 42.3 Å². The van der Waals surface area contributed by atoms with Gasteiger partial charge in [-0.25, -0.2) is 0 Å². The third-order valence-electron chi connectivity index (χ3n) is 5.72. The molecule has 1 heterocycles. The Morgan fingerprint density at radius 2 is 2.00 bits per heavy atom. The van der Waals surface area contributed by atoms with Crippen molar-refractivity contribution in [2.24, 2.45) is 5.92 Å². The van der Waals surface area contributed by atoms with Gasteiger partial charge in [0.05, 0.1) is 20.3 Å². The van der Waals surface area contributed by atoms with E-state index in [-0.39, 0.29) is 17.9 Å². The molecule has 5 heteroatoms. The number of hydrogen-bond donors (Lipinski definition) is 0. The van der Waals surface area contributed by atoms with E-state index in [0.29, 0.717) is 5.92 Å². The lowest BCUT2D eigenvalue weighted by molar-refractivity contribution is -0.133. The van der Waals surface area contributed by atoms with Gasteiger partial charge in [0.2, 0.25) is 5.91 Å². The normalized spacial score (nSPS) is 24.0. The molecule has 2 fully saturated rings. The third kappa shape index (κ3) is 3.57. The summed E-state index contributed by atoms with van der Waals surface area (Å²) in [5.41, 5.74) is 2.32. The van der Waals surface area contributed by atoms with E-state index >= 15 is 0 Å². The van der Waals surface area contributed by atoms with Crippen molar-refractivity contribution in [3.63, 3.8) is 0 Å². The molecular formula is C22H24BrNO3. The van der Waals surface area contributed by atoms with Crippen LogP contribution in [-0.2, 0) is 4.79 Å². The Morgan fingerprint density at radius 3 is 2.74 bits per heavy atom. The number of methoxy groups -OCH3 is 2. The highest BCUT2D eigenvalue weighted by molar-refractivity contribution is 9.10. The fraction of sp³-hybridized carbons (Fsp3) is 0.409. The number of carbonyl (C=O) groups is 1. The quantitative estimate of drug-likeness (QED) is 0.675. The Labute approximate surface area is 168 Å². The van der Waals surface area contributed by atoms with Gasteiger partial charge in [0.1, 0.15) is 11.5 Å². The maximum Gasteiger partial charge on any atom is 0.226 e. The first kappa shape index (κ1) is 18.4. The lowest BCUT2D eigenvalue weighted by Crippen LogP contribution is -2.32. The van der Waals surface area contributed by atoms with Crippen LogP contribution in [0, 0.1) is 5.92 Å². The predicted molar refractivity (Wildman–Crippen MR) is 108 cm³/mol. The van der Waals surface area contributed by atoms with Gasteiger partial charge in [0.15, 0.2) is 0 Å². The minimum Gasteiger partial charge on any atom is -0.497 e. The van der Waals surface area contributed by atoms with E-state index < -0.39 is 0 Å². The highest BCUT2D eigenvalue weighted by Crippen LogP contribution is 2.51. The minimum absolute atomic E-state index is 0.0853. The van der Waals surface area contributed by atoms with Gasteiger partial charge >= 0.3 is 0 Å². The molecule has 2 aromatic carbocycles. The Bertz CT molecular complexity index is 853. The number of ether oxygens (including phenoxy) is 2. The zero-order valence-electron chi connectivity index (χ0n) is 15.7. The number of benzene rings is 2. The molecule has 1 saturated carbocycles. The highest BCUT2D eigenvalue weighted by atomic mass is 79.9. The topological polar surface area (TPSA) is 38.8 Å². The van der Waals surface area contributed by atoms with Crippen molar-refractivity contribution in [2.45, 2.75) is 31.2 Å². The molecule has 0 spiro atoms. The van der Waals surface area contributed by atoms with Gasteiger partial charge in [-0.05, 0) is 55.0 Å². The number of rotatable bonds is 5. The van der Waals surface area contributed by atoms with E-state index in [1.807, 2.05) is 30.3 Å². The number of hydrogen-bond acceptors (Lipinski definition) is 3. The van der Waals surface area contributed by atoms with Gasteiger partial charge in [0, 0.05) is 28.6 Å². The summed E-state index contributed by atoms with van der Waals surface area (Å²) >= 11 is 3.53. The van der Waals surface area contributed by atoms with Crippen molar-refractivity contribution in [3.05, 3.63) is 58.1 Å². The van der Waals surface area contributed by atoms with Crippen molar-refractivity contribution in [1.29, 1.82) is 0 Å². The minimum atomic E-state index is 0.0853. The SMILES string of the molecule is COc1ccc(C2CCCN2C(=O)C2CC2c2cccc(Br)c2)c(OC)c1. The van der Waals surface area contributed by atoms with Gasteiger partial charge in [0.25, 0.3) is 0 Å². The van der Waals surface area contributed by atoms with Gasteiger partial charge < -0.3 is 14.4 Å². The van der Waals surface area contributed by atoms with Crippen LogP contribution in [0.25, 0.3) is 0 Å². The monoisotopic (exact) mass is 429 g/mol. The van der Waals surface area contributed by atoms with Crippen LogP contribution in [0.15, 0.2) is 46.9 Å². The summed E-state index contributed by atoms with van der Waals surface area (Å²) in [5.74, 6) is 2.28. The first-order chi connectivity index (χ1) is 13.1. The molecule has 3 unspecified atom stereocenters. The van der Waals surface area contributed by atoms with Crippen LogP contribution >= 0.6 is 15.9 Å². The first-order valence-corrected chi connectivity index (χ1v) is 10.2. The summed E-state index contributed by atoms with van der Waals surface area (Å²) in [6.45, 7) is 0.820. The van der Waals surface area contributed by atoms with Gasteiger partial charge in [-0.15, -0.1) is 0 Å². The molecule has 1 amide bonds. The number of halogens is 1. The van der Waals surface area contributed by atoms with Gasteiger partial charge in [-0.2, -0.15) is 0 Å². The fourth-order valence-corrected chi connectivity index (χ4v) is 4.65. The van der Waals surface area contributed by atoms with Crippen molar-refractivity contribution in [2.75, 3.05) is 20.8 Å². The van der Waals surface area contributed by atoms with E-state index in [9.17, 15) is 4.79 Å². The zero-order valence-corrected chi connectivity index (χ0v) is 17.2. The zero-order chi connectivity index (χ0) is 19.0. The summed E-state index contributed by atoms with van der Waals surface area (Å²) in [6.07, 6.45) is 2.95. The van der Waals surface area contributed by atoms with Crippen LogP contribution in [-0.4, -0.2) is 31.6 Å². The fourth-order valence-electron chi connectivity index (χ4n) is 4.23. The molecule has 1 aliphatic carbocycles. The molecule has 0 aromatic heterocycles. The molecule has 142 valence electrons. The molecule has 1 saturated heterocycles. The molecule has 1 aliphatic heterocycles. The molecular weight excluding hydrogens is 406 g/mol. The average Bonchev–Trinajstić information content (AvgIpc) is 3.35. The molecule has 0 radical (unpaired) electrons. The second-order valence-corrected chi connectivity index (χ2v) is 8.22. The van der Waals surface area contributed by atoms with E-state index in [0.717, 1.165) is 47.3 Å². The van der Waals surface area contributed by atoms with Crippen molar-refractivity contribution in [1.82, 2.24) is 4.90 Å². The summed E-state index contributed by atoms with van der Waals surface area (Å²) in [7, 11) is 3.32.